The summed E-state index contributed by atoms with van der Waals surface area (Å²) in [6.45, 7) is 0.125. The molecule has 0 saturated carbocycles. The quantitative estimate of drug-likeness (QED) is 0.290. The summed E-state index contributed by atoms with van der Waals surface area (Å²) in [5.41, 5.74) is 4.51. The molecule has 0 fully saturated rings. The van der Waals surface area contributed by atoms with Gasteiger partial charge in [0, 0.05) is 22.5 Å². The summed E-state index contributed by atoms with van der Waals surface area (Å²) < 4.78 is 3.60. The lowest BCUT2D eigenvalue weighted by Gasteiger charge is -2.36. The third-order valence-electron chi connectivity index (χ3n) is 6.99. The molecule has 1 amide bonds. The van der Waals surface area contributed by atoms with E-state index < -0.39 is 5.54 Å². The van der Waals surface area contributed by atoms with Crippen LogP contribution in [0.25, 0.3) is 27.7 Å². The van der Waals surface area contributed by atoms with Crippen molar-refractivity contribution < 1.29 is 4.79 Å². The number of pyridine rings is 1. The van der Waals surface area contributed by atoms with Gasteiger partial charge >= 0.3 is 0 Å². The minimum atomic E-state index is -1.11. The second-order valence-electron chi connectivity index (χ2n) is 9.47. The van der Waals surface area contributed by atoms with Gasteiger partial charge < -0.3 is 15.2 Å². The number of rotatable bonds is 7. The number of aryl methyl sites for hydroxylation is 1. The average molecular weight is 571 g/mol. The van der Waals surface area contributed by atoms with Crippen molar-refractivity contribution in [1.29, 1.82) is 0 Å². The Kier molecular flexibility index (Phi) is 6.71. The maximum absolute atomic E-state index is 13.3. The zero-order valence-electron chi connectivity index (χ0n) is 21.6. The van der Waals surface area contributed by atoms with Gasteiger partial charge in [0.1, 0.15) is 5.54 Å². The molecule has 0 aliphatic heterocycles. The van der Waals surface area contributed by atoms with Crippen LogP contribution < -0.4 is 10.6 Å². The number of benzene rings is 3. The van der Waals surface area contributed by atoms with E-state index in [1.165, 1.54) is 0 Å². The number of carbonyl (C=O) groups is 1. The van der Waals surface area contributed by atoms with Crippen LogP contribution in [0.1, 0.15) is 16.8 Å². The molecule has 40 heavy (non-hydrogen) atoms. The lowest BCUT2D eigenvalue weighted by Crippen LogP contribution is -2.51. The Balaban J connectivity index is 1.71. The molecule has 0 spiro atoms. The number of hydrogen-bond acceptors (Lipinski definition) is 6. The lowest BCUT2D eigenvalue weighted by atomic mass is 9.79. The maximum Gasteiger partial charge on any atom is 0.235 e. The van der Waals surface area contributed by atoms with E-state index in [0.29, 0.717) is 15.7 Å². The molecule has 11 heteroatoms. The van der Waals surface area contributed by atoms with Crippen molar-refractivity contribution in [1.82, 2.24) is 40.2 Å². The Hall–Kier alpha value is -4.31. The average Bonchev–Trinajstić information content (AvgIpc) is 3.61. The third kappa shape index (κ3) is 4.38. The highest BCUT2D eigenvalue weighted by Gasteiger charge is 2.40. The number of nitrogens with zero attached hydrogens (tertiary/aromatic N) is 6. The molecule has 0 radical (unpaired) electrons. The van der Waals surface area contributed by atoms with E-state index in [4.69, 9.17) is 23.2 Å². The van der Waals surface area contributed by atoms with Crippen LogP contribution in [0.5, 0.6) is 0 Å². The number of nitrogens with one attached hydrogen (secondary N) is 2. The third-order valence-corrected chi connectivity index (χ3v) is 7.48. The SMILES string of the molecule is CNCC(=O)NC(c1ccc(Cl)cc1)(c1ccc2c(c1)c(-c1cccc(Cl)c1)cc1nnnn12)c1cncn1C. The monoisotopic (exact) mass is 570 g/mol. The molecule has 0 bridgehead atoms. The number of tetrazole rings is 1. The Labute approximate surface area is 239 Å². The molecule has 2 N–H and O–H groups in total. The van der Waals surface area contributed by atoms with E-state index in [1.807, 2.05) is 78.3 Å². The maximum atomic E-state index is 13.3. The summed E-state index contributed by atoms with van der Waals surface area (Å²) >= 11 is 12.7. The first-order valence-electron chi connectivity index (χ1n) is 12.5. The molecular formula is C29H24Cl2N8O. The second-order valence-corrected chi connectivity index (χ2v) is 10.3. The summed E-state index contributed by atoms with van der Waals surface area (Å²) in [6, 6.07) is 23.1. The van der Waals surface area contributed by atoms with Gasteiger partial charge in [-0.2, -0.15) is 4.52 Å². The van der Waals surface area contributed by atoms with Crippen LogP contribution in [0, 0.1) is 0 Å². The van der Waals surface area contributed by atoms with Crippen LogP contribution in [-0.2, 0) is 17.4 Å². The molecule has 200 valence electrons. The number of fused-ring (bicyclic) bond motifs is 3. The Morgan fingerprint density at radius 3 is 2.50 bits per heavy atom. The van der Waals surface area contributed by atoms with Crippen LogP contribution in [0.2, 0.25) is 10.0 Å². The number of aromatic nitrogens is 6. The molecule has 0 aliphatic rings. The largest absolute Gasteiger partial charge is 0.336 e. The topological polar surface area (TPSA) is 102 Å². The van der Waals surface area contributed by atoms with Crippen LogP contribution in [0.3, 0.4) is 0 Å². The van der Waals surface area contributed by atoms with E-state index in [-0.39, 0.29) is 12.5 Å². The predicted molar refractivity (Wildman–Crippen MR) is 155 cm³/mol. The van der Waals surface area contributed by atoms with Crippen LogP contribution >= 0.6 is 23.2 Å². The van der Waals surface area contributed by atoms with Crippen molar-refractivity contribution in [3.63, 3.8) is 0 Å². The first-order valence-corrected chi connectivity index (χ1v) is 13.3. The standard InChI is InChI=1S/C29H24Cl2N8O/c1-32-16-28(40)34-29(26-15-33-17-38(26)2,19-6-9-21(30)10-7-19)20-8-11-25-24(13-20)23(14-27-35-36-37-39(25)27)18-4-3-5-22(31)12-18/h3-15,17,32H,16H2,1-2H3,(H,34,40). The van der Waals surface area contributed by atoms with Crippen molar-refractivity contribution in [2.45, 2.75) is 5.54 Å². The Morgan fingerprint density at radius 2 is 1.77 bits per heavy atom. The minimum absolute atomic E-state index is 0.125. The summed E-state index contributed by atoms with van der Waals surface area (Å²) in [6.07, 6.45) is 3.48. The van der Waals surface area contributed by atoms with Gasteiger partial charge in [0.25, 0.3) is 0 Å². The zero-order valence-corrected chi connectivity index (χ0v) is 23.1. The smallest absolute Gasteiger partial charge is 0.235 e. The molecule has 0 aliphatic carbocycles. The van der Waals surface area contributed by atoms with Gasteiger partial charge in [0.2, 0.25) is 5.91 Å². The van der Waals surface area contributed by atoms with Crippen molar-refractivity contribution in [2.24, 2.45) is 7.05 Å². The van der Waals surface area contributed by atoms with E-state index in [0.717, 1.165) is 38.9 Å². The molecule has 9 nitrogen and oxygen atoms in total. The number of carbonyl (C=O) groups excluding carboxylic acids is 1. The van der Waals surface area contributed by atoms with Gasteiger partial charge in [-0.05, 0) is 82.2 Å². The van der Waals surface area contributed by atoms with Gasteiger partial charge in [-0.15, -0.1) is 5.10 Å². The van der Waals surface area contributed by atoms with Crippen molar-refractivity contribution in [3.8, 4) is 11.1 Å². The van der Waals surface area contributed by atoms with E-state index in [1.54, 1.807) is 24.1 Å². The molecule has 6 aromatic rings. The van der Waals surface area contributed by atoms with Crippen molar-refractivity contribution in [2.75, 3.05) is 13.6 Å². The van der Waals surface area contributed by atoms with Crippen molar-refractivity contribution >= 4 is 45.7 Å². The van der Waals surface area contributed by atoms with Crippen molar-refractivity contribution in [3.05, 3.63) is 112 Å². The number of likely N-dealkylation sites (N-methyl/N-ethyl adjacent to an activating group) is 1. The zero-order chi connectivity index (χ0) is 27.9. The molecule has 3 aromatic heterocycles. The van der Waals surface area contributed by atoms with Crippen LogP contribution in [0.15, 0.2) is 85.3 Å². The second kappa shape index (κ2) is 10.3. The summed E-state index contributed by atoms with van der Waals surface area (Å²) in [5, 5.41) is 20.7. The Bertz CT molecular complexity index is 1860. The van der Waals surface area contributed by atoms with E-state index in [9.17, 15) is 4.79 Å². The van der Waals surface area contributed by atoms with E-state index in [2.05, 4.69) is 37.2 Å². The molecule has 0 saturated heterocycles. The number of halogens is 2. The fourth-order valence-corrected chi connectivity index (χ4v) is 5.55. The molecule has 3 aromatic carbocycles. The fraction of sp³-hybridized carbons (Fsp3) is 0.138. The highest BCUT2D eigenvalue weighted by molar-refractivity contribution is 6.31. The van der Waals surface area contributed by atoms with Gasteiger partial charge in [-0.1, -0.05) is 53.5 Å². The molecule has 1 atom stereocenters. The van der Waals surface area contributed by atoms with E-state index >= 15 is 0 Å². The first kappa shape index (κ1) is 25.9. The van der Waals surface area contributed by atoms with Crippen LogP contribution in [0.4, 0.5) is 0 Å². The highest BCUT2D eigenvalue weighted by atomic mass is 35.5. The lowest BCUT2D eigenvalue weighted by molar-refractivity contribution is -0.121. The molecule has 1 unspecified atom stereocenters. The Morgan fingerprint density at radius 1 is 0.975 bits per heavy atom. The van der Waals surface area contributed by atoms with Gasteiger partial charge in [-0.25, -0.2) is 4.98 Å². The summed E-state index contributed by atoms with van der Waals surface area (Å²) in [4.78, 5) is 17.7. The van der Waals surface area contributed by atoms with Gasteiger partial charge in [-0.3, -0.25) is 4.79 Å². The molecular weight excluding hydrogens is 547 g/mol. The van der Waals surface area contributed by atoms with Gasteiger partial charge in [0.05, 0.1) is 30.3 Å². The summed E-state index contributed by atoms with van der Waals surface area (Å²) in [5.74, 6) is -0.190. The van der Waals surface area contributed by atoms with Crippen LogP contribution in [-0.4, -0.2) is 49.1 Å². The number of amides is 1. The molecule has 3 heterocycles. The minimum Gasteiger partial charge on any atom is -0.336 e. The number of hydrogen-bond donors (Lipinski definition) is 2. The molecule has 6 rings (SSSR count). The highest BCUT2D eigenvalue weighted by Crippen LogP contribution is 2.40. The fourth-order valence-electron chi connectivity index (χ4n) is 5.23. The number of imidazole rings is 1. The predicted octanol–water partition coefficient (Wildman–Crippen LogP) is 4.61. The normalized spacial score (nSPS) is 13.0. The first-order chi connectivity index (χ1) is 19.4. The van der Waals surface area contributed by atoms with Gasteiger partial charge in [0.15, 0.2) is 5.65 Å². The summed E-state index contributed by atoms with van der Waals surface area (Å²) in [7, 11) is 3.64.